The number of phosphoric acid groups is 2. The lowest BCUT2D eigenvalue weighted by Crippen LogP contribution is -2.42. The maximum Gasteiger partial charge on any atom is 0.481 e. The van der Waals surface area contributed by atoms with Crippen molar-refractivity contribution in [3.63, 3.8) is 0 Å². The third-order valence-corrected chi connectivity index (χ3v) is 5.25. The molecule has 1 fully saturated rings. The van der Waals surface area contributed by atoms with Gasteiger partial charge in [0.25, 0.3) is 5.56 Å². The predicted octanol–water partition coefficient (Wildman–Crippen LogP) is -1.34. The fourth-order valence-electron chi connectivity index (χ4n) is 2.04. The highest BCUT2D eigenvalue weighted by molar-refractivity contribution is 7.60. The molecule has 1 unspecified atom stereocenters. The van der Waals surface area contributed by atoms with E-state index >= 15 is 0 Å². The second kappa shape index (κ2) is 7.03. The van der Waals surface area contributed by atoms with Gasteiger partial charge in [-0.15, -0.1) is 0 Å². The van der Waals surface area contributed by atoms with Crippen LogP contribution in [0.5, 0.6) is 0 Å². The molecule has 17 heteroatoms. The Balaban J connectivity index is 2.18. The Morgan fingerprint density at radius 1 is 1.31 bits per heavy atom. The Hall–Kier alpha value is -1.28. The van der Waals surface area contributed by atoms with Crippen LogP contribution in [0.15, 0.2) is 21.9 Å². The van der Waals surface area contributed by atoms with Gasteiger partial charge in [0.15, 0.2) is 6.10 Å². The first-order chi connectivity index (χ1) is 11.7. The summed E-state index contributed by atoms with van der Waals surface area (Å²) in [5, 5.41) is 9.62. The summed E-state index contributed by atoms with van der Waals surface area (Å²) in [4.78, 5) is 50.2. The van der Waals surface area contributed by atoms with Gasteiger partial charge in [-0.3, -0.25) is 18.9 Å². The summed E-state index contributed by atoms with van der Waals surface area (Å²) in [6.45, 7) is -1.24. The molecule has 0 bridgehead atoms. The zero-order valence-electron chi connectivity index (χ0n) is 12.3. The van der Waals surface area contributed by atoms with Crippen LogP contribution in [-0.2, 0) is 22.7 Å². The van der Waals surface area contributed by atoms with Gasteiger partial charge in [0, 0.05) is 12.3 Å². The van der Waals surface area contributed by atoms with Crippen LogP contribution >= 0.6 is 15.6 Å². The molecule has 1 saturated heterocycles. The highest BCUT2D eigenvalue weighted by Gasteiger charge is 2.60. The van der Waals surface area contributed by atoms with E-state index in [0.29, 0.717) is 6.20 Å². The number of hydrogen-bond acceptors (Lipinski definition) is 8. The van der Waals surface area contributed by atoms with Crippen LogP contribution in [0.2, 0.25) is 0 Å². The number of nitrogens with zero attached hydrogens (tertiary/aromatic N) is 1. The van der Waals surface area contributed by atoms with Crippen molar-refractivity contribution in [1.29, 1.82) is 0 Å². The lowest BCUT2D eigenvalue weighted by Gasteiger charge is -2.20. The Morgan fingerprint density at radius 3 is 2.46 bits per heavy atom. The average Bonchev–Trinajstić information content (AvgIpc) is 2.66. The number of aromatic nitrogens is 2. The van der Waals surface area contributed by atoms with E-state index < -0.39 is 57.9 Å². The Bertz CT molecular complexity index is 879. The minimum Gasteiger partial charge on any atom is -0.384 e. The van der Waals surface area contributed by atoms with Gasteiger partial charge < -0.3 is 24.5 Å². The number of phosphoric ester groups is 1. The standard InChI is InChI=1S/C9H12F2N2O11P2/c10-9(11)6(15)4(3-22-26(20,21)24-25(17,18)19)23-7(9)13-2-1-5(14)12-8(13)16/h1-2,4,6-7,15H,3H2,(H,20,21)(H,12,14,16)(H2,17,18,19)/t4-,6-,7-/m1/s1. The molecular formula is C9H12F2N2O11P2. The first kappa shape index (κ1) is 21.0. The number of alkyl halides is 2. The highest BCUT2D eigenvalue weighted by atomic mass is 31.3. The van der Waals surface area contributed by atoms with Crippen molar-refractivity contribution in [3.8, 4) is 0 Å². The smallest absolute Gasteiger partial charge is 0.384 e. The minimum absolute atomic E-state index is 0.273. The molecule has 5 N–H and O–H groups in total. The molecule has 0 amide bonds. The zero-order valence-corrected chi connectivity index (χ0v) is 14.1. The van der Waals surface area contributed by atoms with Crippen LogP contribution in [0.25, 0.3) is 0 Å². The summed E-state index contributed by atoms with van der Waals surface area (Å²) < 4.78 is 62.7. The monoisotopic (exact) mass is 424 g/mol. The number of H-pyrrole nitrogens is 1. The number of nitrogens with one attached hydrogen (secondary N) is 1. The largest absolute Gasteiger partial charge is 0.481 e. The fraction of sp³-hybridized carbons (Fsp3) is 0.556. The van der Waals surface area contributed by atoms with Crippen molar-refractivity contribution in [3.05, 3.63) is 33.1 Å². The van der Waals surface area contributed by atoms with E-state index in [1.807, 2.05) is 0 Å². The molecule has 1 aromatic rings. The van der Waals surface area contributed by atoms with Gasteiger partial charge in [0.05, 0.1) is 6.61 Å². The van der Waals surface area contributed by atoms with Gasteiger partial charge in [-0.25, -0.2) is 13.9 Å². The predicted molar refractivity (Wildman–Crippen MR) is 75.1 cm³/mol. The topological polar surface area (TPSA) is 198 Å². The molecular weight excluding hydrogens is 412 g/mol. The lowest BCUT2D eigenvalue weighted by atomic mass is 10.1. The summed E-state index contributed by atoms with van der Waals surface area (Å²) in [5.41, 5.74) is -2.14. The van der Waals surface area contributed by atoms with Crippen molar-refractivity contribution in [2.75, 3.05) is 6.61 Å². The van der Waals surface area contributed by atoms with Gasteiger partial charge in [-0.1, -0.05) is 0 Å². The molecule has 0 spiro atoms. The fourth-order valence-corrected chi connectivity index (χ4v) is 3.64. The molecule has 0 aliphatic carbocycles. The molecule has 2 heterocycles. The first-order valence-corrected chi connectivity index (χ1v) is 9.52. The SMILES string of the molecule is O=c1ccn([C@@H]2O[C@H](COP(=O)(O)OP(=O)(O)O)[C@@H](O)C2(F)F)c(=O)[nH]1. The second-order valence-electron chi connectivity index (χ2n) is 5.00. The molecule has 0 radical (unpaired) electrons. The Kier molecular flexibility index (Phi) is 5.69. The van der Waals surface area contributed by atoms with E-state index in [9.17, 15) is 32.6 Å². The lowest BCUT2D eigenvalue weighted by molar-refractivity contribution is -0.141. The molecule has 0 saturated carbocycles. The molecule has 1 aromatic heterocycles. The first-order valence-electron chi connectivity index (χ1n) is 6.50. The number of hydrogen-bond donors (Lipinski definition) is 5. The van der Waals surface area contributed by atoms with E-state index in [0.717, 1.165) is 6.07 Å². The van der Waals surface area contributed by atoms with E-state index in [4.69, 9.17) is 19.4 Å². The molecule has 4 atom stereocenters. The van der Waals surface area contributed by atoms with E-state index in [1.54, 1.807) is 4.98 Å². The molecule has 26 heavy (non-hydrogen) atoms. The summed E-state index contributed by atoms with van der Waals surface area (Å²) in [6.07, 6.45) is -6.31. The van der Waals surface area contributed by atoms with Crippen LogP contribution in [0.3, 0.4) is 0 Å². The Morgan fingerprint density at radius 2 is 1.92 bits per heavy atom. The second-order valence-corrected chi connectivity index (χ2v) is 7.83. The number of aromatic amines is 1. The molecule has 0 aromatic carbocycles. The average molecular weight is 424 g/mol. The van der Waals surface area contributed by atoms with Gasteiger partial charge in [0.1, 0.15) is 6.10 Å². The molecule has 2 rings (SSSR count). The number of ether oxygens (including phenoxy) is 1. The molecule has 1 aliphatic heterocycles. The normalized spacial score (nSPS) is 28.0. The van der Waals surface area contributed by atoms with Crippen molar-refractivity contribution in [1.82, 2.24) is 9.55 Å². The van der Waals surface area contributed by atoms with Gasteiger partial charge in [-0.05, 0) is 0 Å². The van der Waals surface area contributed by atoms with Crippen molar-refractivity contribution in [2.45, 2.75) is 24.4 Å². The molecule has 13 nitrogen and oxygen atoms in total. The van der Waals surface area contributed by atoms with E-state index in [2.05, 4.69) is 8.83 Å². The zero-order chi connectivity index (χ0) is 19.9. The van der Waals surface area contributed by atoms with Gasteiger partial charge >= 0.3 is 27.3 Å². The molecule has 148 valence electrons. The van der Waals surface area contributed by atoms with Crippen LogP contribution in [0.4, 0.5) is 8.78 Å². The van der Waals surface area contributed by atoms with Crippen LogP contribution in [0.1, 0.15) is 6.23 Å². The summed E-state index contributed by atoms with van der Waals surface area (Å²) in [7, 11) is -10.8. The number of halogens is 2. The van der Waals surface area contributed by atoms with Crippen molar-refractivity contribution < 1.29 is 51.3 Å². The van der Waals surface area contributed by atoms with Crippen molar-refractivity contribution in [2.24, 2.45) is 0 Å². The maximum atomic E-state index is 14.1. The number of aliphatic hydroxyl groups excluding tert-OH is 1. The number of aliphatic hydroxyl groups is 1. The van der Waals surface area contributed by atoms with E-state index in [-0.39, 0.29) is 4.57 Å². The van der Waals surface area contributed by atoms with Crippen LogP contribution in [-0.4, -0.2) is 54.1 Å². The highest BCUT2D eigenvalue weighted by Crippen LogP contribution is 2.58. The van der Waals surface area contributed by atoms with E-state index in [1.165, 1.54) is 0 Å². The quantitative estimate of drug-likeness (QED) is 0.339. The van der Waals surface area contributed by atoms with Crippen LogP contribution < -0.4 is 11.2 Å². The summed E-state index contributed by atoms with van der Waals surface area (Å²) >= 11 is 0. The third kappa shape index (κ3) is 4.71. The Labute approximate surface area is 141 Å². The summed E-state index contributed by atoms with van der Waals surface area (Å²) in [5.74, 6) is -4.08. The third-order valence-electron chi connectivity index (χ3n) is 3.09. The van der Waals surface area contributed by atoms with Crippen molar-refractivity contribution >= 4 is 15.6 Å². The summed E-state index contributed by atoms with van der Waals surface area (Å²) in [6, 6.07) is 0.743. The number of rotatable bonds is 6. The maximum absolute atomic E-state index is 14.1. The minimum atomic E-state index is -5.43. The van der Waals surface area contributed by atoms with Gasteiger partial charge in [0.2, 0.25) is 6.23 Å². The van der Waals surface area contributed by atoms with Gasteiger partial charge in [-0.2, -0.15) is 13.1 Å². The van der Waals surface area contributed by atoms with Crippen LogP contribution in [0, 0.1) is 0 Å². The molecule has 1 aliphatic rings.